The summed E-state index contributed by atoms with van der Waals surface area (Å²) in [6, 6.07) is 11.7. The highest BCUT2D eigenvalue weighted by molar-refractivity contribution is 7.90. The quantitative estimate of drug-likeness (QED) is 0.213. The Bertz CT molecular complexity index is 1520. The number of methoxy groups -OCH3 is 1. The van der Waals surface area contributed by atoms with E-state index in [1.54, 1.807) is 30.5 Å². The number of ether oxygens (including phenoxy) is 1. The van der Waals surface area contributed by atoms with E-state index in [-0.39, 0.29) is 24.5 Å². The lowest BCUT2D eigenvalue weighted by atomic mass is 9.82. The number of halogens is 2. The third-order valence-electron chi connectivity index (χ3n) is 8.39. The van der Waals surface area contributed by atoms with Gasteiger partial charge in [0.05, 0.1) is 22.5 Å². The number of hydrogen-bond acceptors (Lipinski definition) is 7. The highest BCUT2D eigenvalue weighted by Gasteiger charge is 2.45. The highest BCUT2D eigenvalue weighted by atomic mass is 35.5. The molecule has 3 heterocycles. The Morgan fingerprint density at radius 1 is 1.13 bits per heavy atom. The van der Waals surface area contributed by atoms with E-state index >= 15 is 4.39 Å². The maximum absolute atomic E-state index is 15.5. The molecule has 4 atom stereocenters. The van der Waals surface area contributed by atoms with Crippen molar-refractivity contribution in [3.05, 3.63) is 83.0 Å². The molecule has 2 aliphatic rings. The summed E-state index contributed by atoms with van der Waals surface area (Å²) in [5, 5.41) is 5.83. The van der Waals surface area contributed by atoms with Crippen LogP contribution in [0.25, 0.3) is 0 Å². The predicted molar refractivity (Wildman–Crippen MR) is 177 cm³/mol. The molecule has 46 heavy (non-hydrogen) atoms. The second-order valence-electron chi connectivity index (χ2n) is 12.8. The molecule has 0 spiro atoms. The number of nitrogens with one attached hydrogen (secondary N) is 3. The lowest BCUT2D eigenvalue weighted by Gasteiger charge is -2.38. The van der Waals surface area contributed by atoms with Crippen LogP contribution < -0.4 is 15.4 Å². The van der Waals surface area contributed by atoms with E-state index in [0.717, 1.165) is 19.3 Å². The van der Waals surface area contributed by atoms with Gasteiger partial charge in [0.15, 0.2) is 0 Å². The zero-order chi connectivity index (χ0) is 33.1. The zero-order valence-corrected chi connectivity index (χ0v) is 28.0. The number of anilines is 2. The van der Waals surface area contributed by atoms with Gasteiger partial charge in [-0.3, -0.25) is 15.1 Å². The molecular formula is C33H40ClFN6O4S. The molecule has 1 aliphatic heterocycles. The fourth-order valence-electron chi connectivity index (χ4n) is 5.51. The number of pyridine rings is 2. The monoisotopic (exact) mass is 670 g/mol. The first kappa shape index (κ1) is 34.1. The van der Waals surface area contributed by atoms with E-state index in [9.17, 15) is 14.1 Å². The first-order valence-electron chi connectivity index (χ1n) is 15.3. The first-order chi connectivity index (χ1) is 21.9. The molecule has 13 heteroatoms. The van der Waals surface area contributed by atoms with E-state index in [0.29, 0.717) is 28.6 Å². The molecule has 10 nitrogen and oxygen atoms in total. The van der Waals surface area contributed by atoms with Gasteiger partial charge in [0.1, 0.15) is 28.0 Å². The Morgan fingerprint density at radius 3 is 2.54 bits per heavy atom. The lowest BCUT2D eigenvalue weighted by Crippen LogP contribution is -2.52. The number of likely N-dealkylation sites (tertiary alicyclic amines) is 1. The number of amides is 3. The van der Waals surface area contributed by atoms with E-state index in [4.69, 9.17) is 16.3 Å². The number of aromatic nitrogens is 2. The van der Waals surface area contributed by atoms with E-state index in [2.05, 4.69) is 25.3 Å². The Morgan fingerprint density at radius 2 is 1.91 bits per heavy atom. The van der Waals surface area contributed by atoms with Crippen molar-refractivity contribution in [2.75, 3.05) is 24.3 Å². The van der Waals surface area contributed by atoms with E-state index in [1.165, 1.54) is 24.3 Å². The summed E-state index contributed by atoms with van der Waals surface area (Å²) in [6.45, 7) is 5.81. The number of benzene rings is 1. The van der Waals surface area contributed by atoms with Crippen molar-refractivity contribution in [3.8, 4) is 0 Å². The normalized spacial score (nSPS) is 20.2. The van der Waals surface area contributed by atoms with Crippen LogP contribution in [0.2, 0.25) is 5.02 Å². The molecular weight excluding hydrogens is 631 g/mol. The van der Waals surface area contributed by atoms with Crippen molar-refractivity contribution in [3.63, 3.8) is 0 Å². The van der Waals surface area contributed by atoms with Gasteiger partial charge in [0.25, 0.3) is 0 Å². The topological polar surface area (TPSA) is 132 Å². The van der Waals surface area contributed by atoms with Gasteiger partial charge < -0.3 is 19.5 Å². The van der Waals surface area contributed by atoms with Gasteiger partial charge in [-0.05, 0) is 81.5 Å². The van der Waals surface area contributed by atoms with Crippen LogP contribution >= 0.6 is 11.6 Å². The summed E-state index contributed by atoms with van der Waals surface area (Å²) in [4.78, 5) is 37.1. The smallest absolute Gasteiger partial charge is 0.323 e. The molecule has 1 aliphatic carbocycles. The summed E-state index contributed by atoms with van der Waals surface area (Å²) in [5.74, 6) is -0.384. The molecule has 0 bridgehead atoms. The summed E-state index contributed by atoms with van der Waals surface area (Å²) in [5.41, 5.74) is 0.180. The van der Waals surface area contributed by atoms with Crippen LogP contribution in [-0.2, 0) is 26.4 Å². The van der Waals surface area contributed by atoms with E-state index in [1.807, 2.05) is 39.0 Å². The molecule has 2 fully saturated rings. The van der Waals surface area contributed by atoms with Crippen LogP contribution in [0.4, 0.5) is 20.7 Å². The van der Waals surface area contributed by atoms with Crippen molar-refractivity contribution in [1.29, 1.82) is 0 Å². The Kier molecular flexibility index (Phi) is 10.5. The van der Waals surface area contributed by atoms with Crippen LogP contribution in [0.1, 0.15) is 64.1 Å². The second-order valence-corrected chi connectivity index (χ2v) is 15.2. The molecule has 3 amide bonds. The van der Waals surface area contributed by atoms with E-state index < -0.39 is 51.5 Å². The molecule has 3 N–H and O–H groups in total. The van der Waals surface area contributed by atoms with Crippen LogP contribution in [0.15, 0.2) is 60.9 Å². The number of urea groups is 1. The average Bonchev–Trinajstić information content (AvgIpc) is 3.76. The number of rotatable bonds is 11. The van der Waals surface area contributed by atoms with Gasteiger partial charge in [-0.25, -0.2) is 14.2 Å². The van der Waals surface area contributed by atoms with Gasteiger partial charge in [-0.1, -0.05) is 36.6 Å². The molecule has 0 radical (unpaired) electrons. The first-order valence-corrected chi connectivity index (χ1v) is 16.9. The number of carbonyl (C=O) groups excluding carboxylic acids is 2. The lowest BCUT2D eigenvalue weighted by molar-refractivity contribution is -0.119. The Balaban J connectivity index is 1.45. The third kappa shape index (κ3) is 7.98. The fraction of sp³-hybridized carbons (Fsp3) is 0.455. The Hall–Kier alpha value is -3.29. The summed E-state index contributed by atoms with van der Waals surface area (Å²) in [7, 11) is 1.51. The largest absolute Gasteiger partial charge is 0.598 e. The van der Waals surface area contributed by atoms with Crippen LogP contribution in [0.5, 0.6) is 0 Å². The molecule has 1 saturated heterocycles. The standard InChI is InChI=1S/C33H40ClFN6O4S/c1-32(2,3)46(44)40-33(15-14-21-8-9-21,28-7-5-6-16-36-28)22-10-12-25(35)26(17-22)38-30(42)27-18-24(45-4)20-41(27)31(43)39-29-13-11-23(34)19-37-29/h5-7,10-13,16-17,19,21,24,27,40H,8-9,14-15,18,20H2,1-4H3,(H,38,42)(H,37,39,43)/t24-,27-,33?,46+/m1/s1. The molecule has 5 rings (SSSR count). The summed E-state index contributed by atoms with van der Waals surface area (Å²) in [6.07, 6.45) is 6.60. The summed E-state index contributed by atoms with van der Waals surface area (Å²) >= 11 is 4.40. The zero-order valence-electron chi connectivity index (χ0n) is 26.4. The van der Waals surface area contributed by atoms with Gasteiger partial charge in [0, 0.05) is 43.8 Å². The number of hydrogen-bond donors (Lipinski definition) is 3. The minimum atomic E-state index is -1.51. The average molecular weight is 671 g/mol. The number of carbonyl (C=O) groups is 2. The maximum Gasteiger partial charge on any atom is 0.323 e. The van der Waals surface area contributed by atoms with Crippen molar-refractivity contribution >= 4 is 46.4 Å². The van der Waals surface area contributed by atoms with Crippen molar-refractivity contribution < 1.29 is 23.3 Å². The minimum absolute atomic E-state index is 0.0573. The van der Waals surface area contributed by atoms with Gasteiger partial charge in [0.2, 0.25) is 5.91 Å². The molecule has 1 aromatic carbocycles. The molecule has 1 saturated carbocycles. The SMILES string of the molecule is CO[C@@H]1C[C@H](C(=O)Nc2cc(C(CCC3CC3)(N[S@@+]([O-])C(C)(C)C)c3ccccn3)ccc2F)N(C(=O)Nc2ccc(Cl)cn2)C1. The van der Waals surface area contributed by atoms with Crippen molar-refractivity contribution in [1.82, 2.24) is 19.6 Å². The molecule has 246 valence electrons. The fourth-order valence-corrected chi connectivity index (χ4v) is 6.57. The maximum atomic E-state index is 15.5. The van der Waals surface area contributed by atoms with Crippen LogP contribution in [0, 0.1) is 11.7 Å². The van der Waals surface area contributed by atoms with Crippen molar-refractivity contribution in [2.45, 2.75) is 75.3 Å². The van der Waals surface area contributed by atoms with Gasteiger partial charge in [-0.15, -0.1) is 4.72 Å². The second kappa shape index (κ2) is 14.2. The van der Waals surface area contributed by atoms with Crippen LogP contribution in [-0.4, -0.2) is 61.9 Å². The number of nitrogens with zero attached hydrogens (tertiary/aromatic N) is 3. The minimum Gasteiger partial charge on any atom is -0.598 e. The third-order valence-corrected chi connectivity index (χ3v) is 10.3. The molecule has 2 aromatic heterocycles. The predicted octanol–water partition coefficient (Wildman–Crippen LogP) is 6.01. The summed E-state index contributed by atoms with van der Waals surface area (Å²) < 4.78 is 37.4. The molecule has 1 unspecified atom stereocenters. The van der Waals surface area contributed by atoms with Crippen LogP contribution in [0.3, 0.4) is 0 Å². The molecule has 3 aromatic rings. The Labute approximate surface area is 277 Å². The highest BCUT2D eigenvalue weighted by Crippen LogP contribution is 2.42. The van der Waals surface area contributed by atoms with Crippen molar-refractivity contribution in [2.24, 2.45) is 5.92 Å². The van der Waals surface area contributed by atoms with Gasteiger partial charge >= 0.3 is 6.03 Å². The van der Waals surface area contributed by atoms with Gasteiger partial charge in [-0.2, -0.15) is 0 Å².